The minimum atomic E-state index is -0.673. The summed E-state index contributed by atoms with van der Waals surface area (Å²) in [5.74, 6) is 1.08. The van der Waals surface area contributed by atoms with Gasteiger partial charge in [0.2, 0.25) is 0 Å². The fourth-order valence-corrected chi connectivity index (χ4v) is 2.82. The smallest absolute Gasteiger partial charge is 0.264 e. The Morgan fingerprint density at radius 3 is 2.46 bits per heavy atom. The lowest BCUT2D eigenvalue weighted by molar-refractivity contribution is -0.139. The Hall–Kier alpha value is -2.72. The first-order valence-corrected chi connectivity index (χ1v) is 8.77. The minimum Gasteiger partial charge on any atom is -0.479 e. The molecule has 0 N–H and O–H groups in total. The first-order chi connectivity index (χ1) is 12.6. The molecule has 1 heterocycles. The fraction of sp³-hybridized carbons (Fsp3) is 0.190. The number of benzene rings is 2. The second-order valence-corrected chi connectivity index (χ2v) is 6.36. The molecule has 1 atom stereocenters. The normalized spacial score (nSPS) is 11.8. The molecule has 0 aliphatic carbocycles. The van der Waals surface area contributed by atoms with E-state index in [0.717, 1.165) is 11.3 Å². The highest BCUT2D eigenvalue weighted by Crippen LogP contribution is 2.25. The lowest BCUT2D eigenvalue weighted by Gasteiger charge is -2.26. The third kappa shape index (κ3) is 4.67. The average Bonchev–Trinajstić information content (AvgIpc) is 3.16. The first kappa shape index (κ1) is 18.1. The van der Waals surface area contributed by atoms with E-state index in [4.69, 9.17) is 20.8 Å². The molecule has 0 spiro atoms. The molecule has 0 radical (unpaired) electrons. The Bertz CT molecular complexity index is 833. The van der Waals surface area contributed by atoms with Crippen LogP contribution in [0.3, 0.4) is 0 Å². The summed E-state index contributed by atoms with van der Waals surface area (Å²) in [4.78, 5) is 14.7. The van der Waals surface area contributed by atoms with E-state index >= 15 is 0 Å². The third-order valence-electron chi connectivity index (χ3n) is 3.94. The molecule has 5 heteroatoms. The Morgan fingerprint density at radius 2 is 1.77 bits per heavy atom. The van der Waals surface area contributed by atoms with E-state index in [1.807, 2.05) is 54.6 Å². The van der Waals surface area contributed by atoms with Gasteiger partial charge in [-0.3, -0.25) is 4.79 Å². The zero-order chi connectivity index (χ0) is 18.4. The number of rotatable bonds is 7. The highest BCUT2D eigenvalue weighted by Gasteiger charge is 2.24. The van der Waals surface area contributed by atoms with Crippen molar-refractivity contribution >= 4 is 17.5 Å². The number of furan rings is 1. The van der Waals surface area contributed by atoms with E-state index in [2.05, 4.69) is 0 Å². The molecule has 3 aromatic rings. The van der Waals surface area contributed by atoms with Crippen LogP contribution < -0.4 is 4.74 Å². The molecule has 1 aromatic heterocycles. The van der Waals surface area contributed by atoms with Crippen LogP contribution in [0.4, 0.5) is 0 Å². The number of carbonyl (C=O) groups is 1. The van der Waals surface area contributed by atoms with Crippen LogP contribution in [0.1, 0.15) is 18.2 Å². The van der Waals surface area contributed by atoms with Crippen molar-refractivity contribution in [2.24, 2.45) is 0 Å². The van der Waals surface area contributed by atoms with Gasteiger partial charge in [0.25, 0.3) is 5.91 Å². The summed E-state index contributed by atoms with van der Waals surface area (Å²) in [5.41, 5.74) is 1.04. The Kier molecular flexibility index (Phi) is 5.97. The quantitative estimate of drug-likeness (QED) is 0.593. The highest BCUT2D eigenvalue weighted by molar-refractivity contribution is 6.32. The van der Waals surface area contributed by atoms with Crippen LogP contribution in [0.5, 0.6) is 5.75 Å². The molecule has 0 aliphatic rings. The van der Waals surface area contributed by atoms with Crippen molar-refractivity contribution in [2.75, 3.05) is 0 Å². The van der Waals surface area contributed by atoms with Crippen LogP contribution in [-0.4, -0.2) is 16.9 Å². The summed E-state index contributed by atoms with van der Waals surface area (Å²) in [6.07, 6.45) is 0.929. The largest absolute Gasteiger partial charge is 0.479 e. The van der Waals surface area contributed by atoms with Gasteiger partial charge in [0.05, 0.1) is 17.8 Å². The lowest BCUT2D eigenvalue weighted by Crippen LogP contribution is -2.39. The summed E-state index contributed by atoms with van der Waals surface area (Å²) in [5, 5.41) is 0.479. The molecule has 1 unspecified atom stereocenters. The topological polar surface area (TPSA) is 42.7 Å². The van der Waals surface area contributed by atoms with Gasteiger partial charge in [-0.25, -0.2) is 0 Å². The monoisotopic (exact) mass is 369 g/mol. The van der Waals surface area contributed by atoms with Crippen molar-refractivity contribution in [3.63, 3.8) is 0 Å². The van der Waals surface area contributed by atoms with Crippen LogP contribution in [0.15, 0.2) is 77.4 Å². The Labute approximate surface area is 158 Å². The first-order valence-electron chi connectivity index (χ1n) is 8.40. The number of halogens is 1. The maximum atomic E-state index is 13.0. The maximum Gasteiger partial charge on any atom is 0.264 e. The van der Waals surface area contributed by atoms with Gasteiger partial charge in [0, 0.05) is 6.54 Å². The van der Waals surface area contributed by atoms with E-state index in [0.29, 0.717) is 23.9 Å². The van der Waals surface area contributed by atoms with Crippen molar-refractivity contribution in [3.8, 4) is 5.75 Å². The number of amides is 1. The molecule has 1 amide bonds. The van der Waals surface area contributed by atoms with Crippen molar-refractivity contribution in [1.82, 2.24) is 4.90 Å². The van der Waals surface area contributed by atoms with Crippen molar-refractivity contribution in [2.45, 2.75) is 26.1 Å². The van der Waals surface area contributed by atoms with Gasteiger partial charge in [-0.05, 0) is 36.8 Å². The van der Waals surface area contributed by atoms with E-state index in [1.165, 1.54) is 0 Å². The molecule has 0 fully saturated rings. The predicted molar refractivity (Wildman–Crippen MR) is 101 cm³/mol. The SMILES string of the molecule is CC(Oc1ccccc1Cl)C(=O)N(Cc1ccccc1)Cc1ccco1. The van der Waals surface area contributed by atoms with E-state index in [1.54, 1.807) is 30.2 Å². The predicted octanol–water partition coefficient (Wildman–Crippen LogP) is 4.93. The summed E-state index contributed by atoms with van der Waals surface area (Å²) < 4.78 is 11.2. The molecular formula is C21H20ClNO3. The number of nitrogens with zero attached hydrogens (tertiary/aromatic N) is 1. The summed E-state index contributed by atoms with van der Waals surface area (Å²) in [6, 6.07) is 20.6. The summed E-state index contributed by atoms with van der Waals surface area (Å²) >= 11 is 6.13. The van der Waals surface area contributed by atoms with Crippen LogP contribution in [0, 0.1) is 0 Å². The maximum absolute atomic E-state index is 13.0. The highest BCUT2D eigenvalue weighted by atomic mass is 35.5. The van der Waals surface area contributed by atoms with Gasteiger partial charge in [-0.15, -0.1) is 0 Å². The van der Waals surface area contributed by atoms with Crippen molar-refractivity contribution in [3.05, 3.63) is 89.3 Å². The van der Waals surface area contributed by atoms with Crippen LogP contribution >= 0.6 is 11.6 Å². The molecular weight excluding hydrogens is 350 g/mol. The summed E-state index contributed by atoms with van der Waals surface area (Å²) in [7, 11) is 0. The Morgan fingerprint density at radius 1 is 1.04 bits per heavy atom. The van der Waals surface area contributed by atoms with Gasteiger partial charge in [-0.1, -0.05) is 54.1 Å². The number of para-hydroxylation sites is 1. The second-order valence-electron chi connectivity index (χ2n) is 5.95. The second kappa shape index (κ2) is 8.59. The van der Waals surface area contributed by atoms with E-state index < -0.39 is 6.10 Å². The van der Waals surface area contributed by atoms with Crippen LogP contribution in [0.2, 0.25) is 5.02 Å². The average molecular weight is 370 g/mol. The number of hydrogen-bond acceptors (Lipinski definition) is 3. The molecule has 26 heavy (non-hydrogen) atoms. The van der Waals surface area contributed by atoms with Gasteiger partial charge in [0.1, 0.15) is 11.5 Å². The molecule has 134 valence electrons. The third-order valence-corrected chi connectivity index (χ3v) is 4.26. The summed E-state index contributed by atoms with van der Waals surface area (Å²) in [6.45, 7) is 2.57. The standard InChI is InChI=1S/C21H20ClNO3/c1-16(26-20-12-6-5-11-19(20)22)21(24)23(15-18-10-7-13-25-18)14-17-8-3-2-4-9-17/h2-13,16H,14-15H2,1H3. The van der Waals surface area contributed by atoms with E-state index in [9.17, 15) is 4.79 Å². The van der Waals surface area contributed by atoms with Gasteiger partial charge in [-0.2, -0.15) is 0 Å². The molecule has 0 aliphatic heterocycles. The lowest BCUT2D eigenvalue weighted by atomic mass is 10.2. The molecule has 4 nitrogen and oxygen atoms in total. The van der Waals surface area contributed by atoms with Crippen molar-refractivity contribution < 1.29 is 13.9 Å². The zero-order valence-corrected chi connectivity index (χ0v) is 15.2. The minimum absolute atomic E-state index is 0.134. The molecule has 3 rings (SSSR count). The van der Waals surface area contributed by atoms with E-state index in [-0.39, 0.29) is 5.91 Å². The number of ether oxygens (including phenoxy) is 1. The van der Waals surface area contributed by atoms with Crippen LogP contribution in [-0.2, 0) is 17.9 Å². The number of hydrogen-bond donors (Lipinski definition) is 0. The van der Waals surface area contributed by atoms with Crippen molar-refractivity contribution in [1.29, 1.82) is 0 Å². The molecule has 0 saturated carbocycles. The molecule has 0 bridgehead atoms. The Balaban J connectivity index is 1.75. The van der Waals surface area contributed by atoms with Gasteiger partial charge < -0.3 is 14.1 Å². The number of carbonyl (C=O) groups excluding carboxylic acids is 1. The van der Waals surface area contributed by atoms with Crippen LogP contribution in [0.25, 0.3) is 0 Å². The van der Waals surface area contributed by atoms with Gasteiger partial charge >= 0.3 is 0 Å². The van der Waals surface area contributed by atoms with Gasteiger partial charge in [0.15, 0.2) is 6.10 Å². The fourth-order valence-electron chi connectivity index (χ4n) is 2.64. The molecule has 0 saturated heterocycles. The zero-order valence-electron chi connectivity index (χ0n) is 14.5. The molecule has 2 aromatic carbocycles.